The van der Waals surface area contributed by atoms with Crippen LogP contribution < -0.4 is 29.6 Å². The van der Waals surface area contributed by atoms with Crippen LogP contribution in [-0.4, -0.2) is 17.2 Å². The molecule has 0 saturated carbocycles. The van der Waals surface area contributed by atoms with Crippen LogP contribution in [0.15, 0.2) is 70.5 Å². The van der Waals surface area contributed by atoms with E-state index in [0.717, 1.165) is 0 Å². The molecule has 0 spiro atoms. The van der Waals surface area contributed by atoms with Crippen molar-refractivity contribution in [1.29, 1.82) is 0 Å². The molecule has 0 aliphatic heterocycles. The van der Waals surface area contributed by atoms with E-state index in [-0.39, 0.29) is 34.5 Å². The van der Waals surface area contributed by atoms with Crippen LogP contribution >= 0.6 is 10.7 Å². The van der Waals surface area contributed by atoms with Crippen molar-refractivity contribution in [3.63, 3.8) is 0 Å². The number of halogens is 1. The fraction of sp³-hybridized carbons (Fsp3) is 0. The van der Waals surface area contributed by atoms with Gasteiger partial charge in [0.2, 0.25) is 0 Å². The van der Waals surface area contributed by atoms with E-state index >= 15 is 0 Å². The molecule has 0 aromatic heterocycles. The van der Waals surface area contributed by atoms with Gasteiger partial charge in [-0.15, -0.1) is 0 Å². The summed E-state index contributed by atoms with van der Waals surface area (Å²) >= 11 is -2.08. The van der Waals surface area contributed by atoms with Crippen LogP contribution in [0.25, 0.3) is 0 Å². The second kappa shape index (κ2) is 9.68. The van der Waals surface area contributed by atoms with E-state index in [1.807, 2.05) is 0 Å². The molecule has 20 heavy (non-hydrogen) atoms. The van der Waals surface area contributed by atoms with Crippen LogP contribution in [0.2, 0.25) is 0 Å². The van der Waals surface area contributed by atoms with Gasteiger partial charge < -0.3 is 4.55 Å². The third kappa shape index (κ3) is 7.54. The molecule has 102 valence electrons. The maximum atomic E-state index is 10.6. The normalized spacial score (nSPS) is 11.5. The molecular weight excluding hydrogens is 331 g/mol. The summed E-state index contributed by atoms with van der Waals surface area (Å²) in [6, 6.07) is 16.1. The molecule has 0 saturated heterocycles. The Labute approximate surface area is 147 Å². The van der Waals surface area contributed by atoms with E-state index < -0.39 is 20.1 Å². The Morgan fingerprint density at radius 3 is 1.55 bits per heavy atom. The van der Waals surface area contributed by atoms with E-state index in [9.17, 15) is 17.2 Å². The Hall–Kier alpha value is -0.210. The molecule has 0 aliphatic rings. The number of hydrogen-bond donors (Lipinski definition) is 0. The number of rotatable bonds is 2. The minimum atomic E-state index is -3.53. The van der Waals surface area contributed by atoms with E-state index in [2.05, 4.69) is 0 Å². The van der Waals surface area contributed by atoms with Gasteiger partial charge in [0, 0.05) is 15.6 Å². The van der Waals surface area contributed by atoms with Crippen molar-refractivity contribution < 1.29 is 46.7 Å². The first kappa shape index (κ1) is 19.8. The third-order valence-electron chi connectivity index (χ3n) is 1.96. The summed E-state index contributed by atoms with van der Waals surface area (Å²) in [5.74, 6) is 0. The maximum Gasteiger partial charge on any atom is 1.00 e. The van der Waals surface area contributed by atoms with Gasteiger partial charge in [-0.25, -0.2) is 8.42 Å². The topological polar surface area (TPSA) is 74.3 Å². The molecule has 0 aliphatic carbocycles. The van der Waals surface area contributed by atoms with Crippen LogP contribution in [-0.2, 0) is 20.1 Å². The summed E-state index contributed by atoms with van der Waals surface area (Å²) in [5.41, 5.74) is 0. The zero-order chi connectivity index (χ0) is 14.3. The van der Waals surface area contributed by atoms with Crippen LogP contribution in [0.4, 0.5) is 0 Å². The SMILES string of the molecule is O=S(=O)(Cl)c1ccccc1.O=S([O-])c1ccccc1.[Na+]. The third-order valence-corrected chi connectivity index (χ3v) is 3.99. The molecule has 0 heterocycles. The summed E-state index contributed by atoms with van der Waals surface area (Å²) in [6.45, 7) is 0. The van der Waals surface area contributed by atoms with Crippen LogP contribution in [0, 0.1) is 0 Å². The van der Waals surface area contributed by atoms with E-state index in [1.54, 1.807) is 48.5 Å². The van der Waals surface area contributed by atoms with E-state index in [0.29, 0.717) is 4.90 Å². The van der Waals surface area contributed by atoms with Crippen molar-refractivity contribution in [1.82, 2.24) is 0 Å². The summed E-state index contributed by atoms with van der Waals surface area (Å²) in [4.78, 5) is 0.467. The van der Waals surface area contributed by atoms with Crippen molar-refractivity contribution in [3.8, 4) is 0 Å². The Morgan fingerprint density at radius 1 is 0.900 bits per heavy atom. The zero-order valence-electron chi connectivity index (χ0n) is 10.6. The minimum absolute atomic E-state index is 0. The molecule has 1 unspecified atom stereocenters. The molecule has 0 amide bonds. The first-order valence-electron chi connectivity index (χ1n) is 5.05. The van der Waals surface area contributed by atoms with Gasteiger partial charge in [-0.2, -0.15) is 0 Å². The van der Waals surface area contributed by atoms with E-state index in [4.69, 9.17) is 10.7 Å². The average Bonchev–Trinajstić information content (AvgIpc) is 2.40. The fourth-order valence-electron chi connectivity index (χ4n) is 1.11. The largest absolute Gasteiger partial charge is 1.00 e. The molecule has 2 aromatic carbocycles. The summed E-state index contributed by atoms with van der Waals surface area (Å²) < 4.78 is 41.6. The quantitative estimate of drug-likeness (QED) is 0.421. The Kier molecular flexibility index (Phi) is 9.58. The maximum absolute atomic E-state index is 10.6. The van der Waals surface area contributed by atoms with Crippen LogP contribution in [0.3, 0.4) is 0 Å². The van der Waals surface area contributed by atoms with Gasteiger partial charge in [-0.1, -0.05) is 36.4 Å². The average molecular weight is 341 g/mol. The summed E-state index contributed by atoms with van der Waals surface area (Å²) in [5, 5.41) is 0. The van der Waals surface area contributed by atoms with Crippen molar-refractivity contribution in [2.24, 2.45) is 0 Å². The van der Waals surface area contributed by atoms with Gasteiger partial charge in [0.25, 0.3) is 9.05 Å². The first-order valence-corrected chi connectivity index (χ1v) is 8.43. The molecular formula is C12H10ClNaO4S2. The molecule has 2 rings (SSSR count). The predicted octanol–water partition coefficient (Wildman–Crippen LogP) is -0.457. The smallest absolute Gasteiger partial charge is 0.768 e. The van der Waals surface area contributed by atoms with Gasteiger partial charge in [-0.05, 0) is 35.3 Å². The molecule has 1 atom stereocenters. The molecule has 0 fully saturated rings. The van der Waals surface area contributed by atoms with Gasteiger partial charge >= 0.3 is 29.6 Å². The molecule has 4 nitrogen and oxygen atoms in total. The zero-order valence-corrected chi connectivity index (χ0v) is 15.0. The van der Waals surface area contributed by atoms with E-state index in [1.165, 1.54) is 12.1 Å². The minimum Gasteiger partial charge on any atom is -0.768 e. The monoisotopic (exact) mass is 340 g/mol. The van der Waals surface area contributed by atoms with Gasteiger partial charge in [0.1, 0.15) is 0 Å². The molecule has 0 bridgehead atoms. The standard InChI is InChI=1S/C6H5ClO2S.C6H6O2S.Na/c7-10(8,9)6-4-2-1-3-5-6;7-9(8)6-4-2-1-3-5-6;/h1-5H;1-5H,(H,7,8);/q;;+1/p-1. The van der Waals surface area contributed by atoms with Gasteiger partial charge in [0.05, 0.1) is 4.90 Å². The van der Waals surface area contributed by atoms with Crippen LogP contribution in [0.5, 0.6) is 0 Å². The molecule has 0 radical (unpaired) electrons. The van der Waals surface area contributed by atoms with Crippen molar-refractivity contribution in [2.45, 2.75) is 9.79 Å². The van der Waals surface area contributed by atoms with Crippen LogP contribution in [0.1, 0.15) is 0 Å². The molecule has 0 N–H and O–H groups in total. The Bertz CT molecular complexity index is 633. The van der Waals surface area contributed by atoms with Gasteiger partial charge in [0.15, 0.2) is 0 Å². The number of benzene rings is 2. The number of hydrogen-bond acceptors (Lipinski definition) is 4. The van der Waals surface area contributed by atoms with Gasteiger partial charge in [-0.3, -0.25) is 4.21 Å². The Balaban J connectivity index is 0.000000345. The first-order chi connectivity index (χ1) is 8.91. The predicted molar refractivity (Wildman–Crippen MR) is 73.1 cm³/mol. The summed E-state index contributed by atoms with van der Waals surface area (Å²) in [7, 11) is 1.50. The van der Waals surface area contributed by atoms with Crippen molar-refractivity contribution >= 4 is 30.8 Å². The Morgan fingerprint density at radius 2 is 1.30 bits per heavy atom. The second-order valence-corrected chi connectivity index (χ2v) is 6.81. The molecule has 8 heteroatoms. The van der Waals surface area contributed by atoms with Crippen molar-refractivity contribution in [2.75, 3.05) is 0 Å². The van der Waals surface area contributed by atoms with Crippen molar-refractivity contribution in [3.05, 3.63) is 60.7 Å². The second-order valence-electron chi connectivity index (χ2n) is 3.30. The summed E-state index contributed by atoms with van der Waals surface area (Å²) in [6.07, 6.45) is 0. The fourth-order valence-corrected chi connectivity index (χ4v) is 2.28. The molecule has 2 aromatic rings.